The summed E-state index contributed by atoms with van der Waals surface area (Å²) in [7, 11) is 0. The van der Waals surface area contributed by atoms with Gasteiger partial charge >= 0.3 is 0 Å². The van der Waals surface area contributed by atoms with Crippen LogP contribution >= 0.6 is 22.7 Å². The van der Waals surface area contributed by atoms with Crippen LogP contribution in [0.25, 0.3) is 119 Å². The minimum absolute atomic E-state index is 0.325. The van der Waals surface area contributed by atoms with E-state index in [-0.39, 0.29) is 5.41 Å². The maximum atomic E-state index is 5.35. The molecule has 1 aliphatic rings. The molecule has 0 N–H and O–H groups in total. The average molecular weight is 927 g/mol. The molecule has 13 aromatic rings. The Kier molecular flexibility index (Phi) is 9.42. The van der Waals surface area contributed by atoms with Gasteiger partial charge in [0, 0.05) is 62.4 Å². The van der Waals surface area contributed by atoms with E-state index >= 15 is 0 Å². The van der Waals surface area contributed by atoms with Gasteiger partial charge in [0.2, 0.25) is 0 Å². The Bertz CT molecular complexity index is 4070. The summed E-state index contributed by atoms with van der Waals surface area (Å²) in [5.41, 5.74) is 18.1. The van der Waals surface area contributed by atoms with E-state index in [0.717, 1.165) is 39.2 Å². The number of rotatable bonds is 7. The zero-order valence-electron chi connectivity index (χ0n) is 38.2. The summed E-state index contributed by atoms with van der Waals surface area (Å²) in [5.74, 6) is 0.699. The molecular formula is C66H42N2S2. The molecule has 0 saturated carbocycles. The van der Waals surface area contributed by atoms with Crippen molar-refractivity contribution in [2.75, 3.05) is 0 Å². The highest BCUT2D eigenvalue weighted by Crippen LogP contribution is 2.53. The van der Waals surface area contributed by atoms with Crippen molar-refractivity contribution in [3.63, 3.8) is 0 Å². The molecule has 3 heterocycles. The number of hydrogen-bond donors (Lipinski definition) is 0. The molecule has 0 aliphatic heterocycles. The highest BCUT2D eigenvalue weighted by atomic mass is 32.1. The number of thiophene rings is 2. The van der Waals surface area contributed by atoms with Crippen LogP contribution in [0.2, 0.25) is 0 Å². The molecule has 0 spiro atoms. The fourth-order valence-electron chi connectivity index (χ4n) is 11.1. The van der Waals surface area contributed by atoms with Crippen LogP contribution in [-0.2, 0) is 5.41 Å². The number of hydrogen-bond acceptors (Lipinski definition) is 4. The smallest absolute Gasteiger partial charge is 0.160 e. The van der Waals surface area contributed by atoms with Crippen molar-refractivity contribution in [1.29, 1.82) is 0 Å². The topological polar surface area (TPSA) is 25.8 Å². The van der Waals surface area contributed by atoms with Gasteiger partial charge < -0.3 is 0 Å². The van der Waals surface area contributed by atoms with Gasteiger partial charge in [0.1, 0.15) is 0 Å². The second-order valence-electron chi connectivity index (χ2n) is 18.6. The van der Waals surface area contributed by atoms with Crippen LogP contribution < -0.4 is 0 Å². The first kappa shape index (κ1) is 40.8. The lowest BCUT2D eigenvalue weighted by molar-refractivity contribution is 0.714. The summed E-state index contributed by atoms with van der Waals surface area (Å²) in [4.78, 5) is 10.7. The Morgan fingerprint density at radius 2 is 0.786 bits per heavy atom. The first-order valence-electron chi connectivity index (χ1n) is 23.9. The van der Waals surface area contributed by atoms with E-state index in [0.29, 0.717) is 5.82 Å². The van der Waals surface area contributed by atoms with Crippen molar-refractivity contribution in [3.8, 4) is 78.4 Å². The third-order valence-electron chi connectivity index (χ3n) is 14.6. The second kappa shape index (κ2) is 16.2. The molecule has 2 nitrogen and oxygen atoms in total. The van der Waals surface area contributed by atoms with Gasteiger partial charge in [-0.2, -0.15) is 0 Å². The predicted octanol–water partition coefficient (Wildman–Crippen LogP) is 18.5. The molecule has 0 saturated heterocycles. The SMILES string of the molecule is CC1(c2ccccc2)c2ccccc2-c2ccc(-c3cc(-c4cccc(-c5cc(-c6cccc7c6sc6ccccc67)cc(-c6cccc7c6sc6ccccc67)c5)c4)nc(-c4ccccc4)n3)cc21. The Hall–Kier alpha value is -8.28. The van der Waals surface area contributed by atoms with Crippen LogP contribution in [0.3, 0.4) is 0 Å². The number of aromatic nitrogens is 2. The third-order valence-corrected chi connectivity index (χ3v) is 17.0. The normalized spacial score (nSPS) is 14.1. The summed E-state index contributed by atoms with van der Waals surface area (Å²) < 4.78 is 5.22. The van der Waals surface area contributed by atoms with Crippen LogP contribution in [0.15, 0.2) is 237 Å². The Morgan fingerprint density at radius 1 is 0.314 bits per heavy atom. The van der Waals surface area contributed by atoms with Crippen LogP contribution in [0, 0.1) is 0 Å². The monoisotopic (exact) mass is 926 g/mol. The van der Waals surface area contributed by atoms with Crippen molar-refractivity contribution in [2.45, 2.75) is 12.3 Å². The molecule has 0 radical (unpaired) electrons. The standard InChI is InChI=1S/C66H42N2S2/c1-66(48-21-6-3-7-22-48)57-30-11-8-23-51(57)52-34-33-44(39-58(52)66)60-40-59(67-65(68-60)41-17-4-2-5-18-41)43-20-14-19-42(35-43)45-36-46(49-26-15-28-55-53-24-9-12-31-61(53)69-63(49)55)38-47(37-45)50-27-16-29-56-54-25-10-13-32-62(54)70-64(50)56/h2-40H,1H3. The Morgan fingerprint density at radius 3 is 1.46 bits per heavy atom. The van der Waals surface area contributed by atoms with Crippen LogP contribution in [0.5, 0.6) is 0 Å². The van der Waals surface area contributed by atoms with Gasteiger partial charge in [-0.25, -0.2) is 9.97 Å². The molecule has 4 heteroatoms. The van der Waals surface area contributed by atoms with Crippen molar-refractivity contribution in [1.82, 2.24) is 9.97 Å². The summed E-state index contributed by atoms with van der Waals surface area (Å²) in [6, 6.07) is 86.5. The highest BCUT2D eigenvalue weighted by Gasteiger charge is 2.40. The van der Waals surface area contributed by atoms with Gasteiger partial charge in [-0.05, 0) is 117 Å². The van der Waals surface area contributed by atoms with Gasteiger partial charge in [0.05, 0.1) is 11.4 Å². The molecule has 0 amide bonds. The lowest BCUT2D eigenvalue weighted by atomic mass is 9.74. The molecule has 10 aromatic carbocycles. The van der Waals surface area contributed by atoms with Gasteiger partial charge in [-0.1, -0.05) is 188 Å². The Balaban J connectivity index is 0.944. The summed E-state index contributed by atoms with van der Waals surface area (Å²) >= 11 is 3.76. The molecule has 0 fully saturated rings. The maximum absolute atomic E-state index is 5.35. The van der Waals surface area contributed by atoms with E-state index in [4.69, 9.17) is 9.97 Å². The quantitative estimate of drug-likeness (QED) is 0.159. The van der Waals surface area contributed by atoms with Crippen molar-refractivity contribution in [3.05, 3.63) is 253 Å². The zero-order valence-corrected chi connectivity index (χ0v) is 39.9. The van der Waals surface area contributed by atoms with Gasteiger partial charge in [0.25, 0.3) is 0 Å². The van der Waals surface area contributed by atoms with Crippen LogP contribution in [0.1, 0.15) is 23.6 Å². The molecule has 14 rings (SSSR count). The van der Waals surface area contributed by atoms with E-state index < -0.39 is 0 Å². The minimum Gasteiger partial charge on any atom is -0.228 e. The first-order valence-corrected chi connectivity index (χ1v) is 25.5. The van der Waals surface area contributed by atoms with E-state index in [9.17, 15) is 0 Å². The maximum Gasteiger partial charge on any atom is 0.160 e. The summed E-state index contributed by atoms with van der Waals surface area (Å²) in [5, 5.41) is 5.20. The van der Waals surface area contributed by atoms with E-state index in [1.165, 1.54) is 90.4 Å². The van der Waals surface area contributed by atoms with Gasteiger partial charge in [-0.15, -0.1) is 22.7 Å². The third kappa shape index (κ3) is 6.52. The number of nitrogens with zero attached hydrogens (tertiary/aromatic N) is 2. The number of fused-ring (bicyclic) bond motifs is 9. The van der Waals surface area contributed by atoms with E-state index in [1.54, 1.807) is 0 Å². The van der Waals surface area contributed by atoms with Crippen molar-refractivity contribution >= 4 is 63.0 Å². The fourth-order valence-corrected chi connectivity index (χ4v) is 13.6. The molecule has 70 heavy (non-hydrogen) atoms. The average Bonchev–Trinajstić information content (AvgIpc) is 4.09. The van der Waals surface area contributed by atoms with Crippen LogP contribution in [-0.4, -0.2) is 9.97 Å². The summed E-state index contributed by atoms with van der Waals surface area (Å²) in [6.45, 7) is 2.37. The lowest BCUT2D eigenvalue weighted by Gasteiger charge is -2.28. The second-order valence-corrected chi connectivity index (χ2v) is 20.7. The molecule has 328 valence electrons. The minimum atomic E-state index is -0.325. The molecule has 0 bridgehead atoms. The molecular weight excluding hydrogens is 885 g/mol. The zero-order chi connectivity index (χ0) is 46.3. The van der Waals surface area contributed by atoms with Gasteiger partial charge in [-0.3, -0.25) is 0 Å². The van der Waals surface area contributed by atoms with Gasteiger partial charge in [0.15, 0.2) is 5.82 Å². The highest BCUT2D eigenvalue weighted by molar-refractivity contribution is 7.26. The Labute approximate surface area is 414 Å². The molecule has 1 aliphatic carbocycles. The first-order chi connectivity index (χ1) is 34.5. The summed E-state index contributed by atoms with van der Waals surface area (Å²) in [6.07, 6.45) is 0. The van der Waals surface area contributed by atoms with E-state index in [1.807, 2.05) is 28.7 Å². The molecule has 3 aromatic heterocycles. The molecule has 1 unspecified atom stereocenters. The van der Waals surface area contributed by atoms with E-state index in [2.05, 4.69) is 237 Å². The predicted molar refractivity (Wildman–Crippen MR) is 298 cm³/mol. The van der Waals surface area contributed by atoms with Crippen LogP contribution in [0.4, 0.5) is 0 Å². The number of benzene rings is 10. The lowest BCUT2D eigenvalue weighted by Crippen LogP contribution is -2.22. The molecule has 1 atom stereocenters. The van der Waals surface area contributed by atoms with Crippen molar-refractivity contribution < 1.29 is 0 Å². The largest absolute Gasteiger partial charge is 0.228 e. The fraction of sp³-hybridized carbons (Fsp3) is 0.0303. The van der Waals surface area contributed by atoms with Crippen molar-refractivity contribution in [2.24, 2.45) is 0 Å².